The third kappa shape index (κ3) is 5.79. The average molecular weight is 494 g/mol. The number of benzene rings is 2. The van der Waals surface area contributed by atoms with Crippen LogP contribution >= 0.6 is 0 Å². The number of carbonyl (C=O) groups excluding carboxylic acids is 1. The van der Waals surface area contributed by atoms with Crippen molar-refractivity contribution in [3.63, 3.8) is 0 Å². The summed E-state index contributed by atoms with van der Waals surface area (Å²) in [6.45, 7) is 4.61. The Hall–Kier alpha value is -3.46. The largest absolute Gasteiger partial charge is 0.362 e. The summed E-state index contributed by atoms with van der Waals surface area (Å²) in [7, 11) is -2.01. The summed E-state index contributed by atoms with van der Waals surface area (Å²) in [6, 6.07) is 16.0. The number of aryl methyl sites for hydroxylation is 1. The van der Waals surface area contributed by atoms with Crippen molar-refractivity contribution in [1.29, 1.82) is 0 Å². The number of nitrogens with one attached hydrogen (secondary N) is 1. The molecule has 0 radical (unpaired) electrons. The normalized spacial score (nSPS) is 15.7. The van der Waals surface area contributed by atoms with Gasteiger partial charge >= 0.3 is 0 Å². The van der Waals surface area contributed by atoms with Crippen molar-refractivity contribution in [2.24, 2.45) is 4.40 Å². The van der Waals surface area contributed by atoms with E-state index in [9.17, 15) is 13.2 Å². The quantitative estimate of drug-likeness (QED) is 0.553. The van der Waals surface area contributed by atoms with Gasteiger partial charge in [-0.3, -0.25) is 4.79 Å². The number of hydrogen-bond donors (Lipinski definition) is 1. The van der Waals surface area contributed by atoms with Crippen LogP contribution in [0, 0.1) is 13.8 Å². The van der Waals surface area contributed by atoms with Crippen LogP contribution in [0.5, 0.6) is 0 Å². The Morgan fingerprint density at radius 3 is 2.60 bits per heavy atom. The summed E-state index contributed by atoms with van der Waals surface area (Å²) >= 11 is 0. The number of nitrogens with zero attached hydrogens (tertiary/aromatic N) is 4. The first kappa shape index (κ1) is 24.7. The number of para-hydroxylation sites is 1. The number of amides is 1. The third-order valence-electron chi connectivity index (χ3n) is 6.26. The second-order valence-corrected chi connectivity index (χ2v) is 10.5. The number of anilines is 1. The minimum Gasteiger partial charge on any atom is -0.362 e. The van der Waals surface area contributed by atoms with Gasteiger partial charge in [-0.05, 0) is 57.0 Å². The lowest BCUT2D eigenvalue weighted by molar-refractivity contribution is -0.115. The lowest BCUT2D eigenvalue weighted by atomic mass is 10.1. The first-order chi connectivity index (χ1) is 16.7. The lowest BCUT2D eigenvalue weighted by Gasteiger charge is -2.17. The maximum absolute atomic E-state index is 13.0. The maximum atomic E-state index is 13.0. The van der Waals surface area contributed by atoms with Crippen molar-refractivity contribution in [3.05, 3.63) is 71.5 Å². The summed E-state index contributed by atoms with van der Waals surface area (Å²) in [5.41, 5.74) is 3.86. The van der Waals surface area contributed by atoms with Crippen LogP contribution in [0.1, 0.15) is 42.6 Å². The maximum Gasteiger partial charge on any atom is 0.284 e. The van der Waals surface area contributed by atoms with Crippen molar-refractivity contribution in [3.8, 4) is 5.69 Å². The van der Waals surface area contributed by atoms with Crippen LogP contribution in [0.4, 0.5) is 5.69 Å². The predicted octanol–water partition coefficient (Wildman–Crippen LogP) is 4.26. The van der Waals surface area contributed by atoms with Crippen molar-refractivity contribution >= 4 is 27.5 Å². The molecule has 3 aromatic rings. The number of likely N-dealkylation sites (tertiary alicyclic amines) is 1. The monoisotopic (exact) mass is 493 g/mol. The molecule has 2 aromatic carbocycles. The van der Waals surface area contributed by atoms with Crippen LogP contribution in [-0.4, -0.2) is 48.4 Å². The van der Waals surface area contributed by atoms with Crippen LogP contribution in [0.15, 0.2) is 63.9 Å². The number of amidine groups is 1. The Labute approximate surface area is 206 Å². The Balaban J connectivity index is 1.50. The molecule has 0 bridgehead atoms. The highest BCUT2D eigenvalue weighted by atomic mass is 32.2. The molecule has 0 aliphatic carbocycles. The molecular formula is C26H31N5O3S. The molecule has 184 valence electrons. The summed E-state index contributed by atoms with van der Waals surface area (Å²) in [6.07, 6.45) is 3.79. The molecule has 0 atom stereocenters. The highest BCUT2D eigenvalue weighted by Crippen LogP contribution is 2.22. The van der Waals surface area contributed by atoms with E-state index < -0.39 is 10.0 Å². The molecule has 0 spiro atoms. The fourth-order valence-electron chi connectivity index (χ4n) is 4.29. The van der Waals surface area contributed by atoms with Gasteiger partial charge in [-0.15, -0.1) is 4.40 Å². The van der Waals surface area contributed by atoms with E-state index in [1.54, 1.807) is 12.1 Å². The zero-order valence-corrected chi connectivity index (χ0v) is 21.2. The van der Waals surface area contributed by atoms with Gasteiger partial charge in [0, 0.05) is 37.0 Å². The smallest absolute Gasteiger partial charge is 0.284 e. The minimum absolute atomic E-state index is 0.0599. The van der Waals surface area contributed by atoms with Crippen LogP contribution in [0.2, 0.25) is 0 Å². The van der Waals surface area contributed by atoms with Gasteiger partial charge in [0.1, 0.15) is 5.84 Å². The SMILES string of the molecule is Cc1nn(-c2ccccc2)c(C)c1CC(=O)Nc1cccc(S(=O)(=O)/N=C2/CCCCCN2C)c1. The van der Waals surface area contributed by atoms with E-state index in [-0.39, 0.29) is 17.2 Å². The molecule has 1 N–H and O–H groups in total. The van der Waals surface area contributed by atoms with Crippen molar-refractivity contribution in [2.45, 2.75) is 50.8 Å². The lowest BCUT2D eigenvalue weighted by Crippen LogP contribution is -2.26. The Kier molecular flexibility index (Phi) is 7.35. The molecule has 4 rings (SSSR count). The summed E-state index contributed by atoms with van der Waals surface area (Å²) in [5.74, 6) is 0.339. The molecule has 0 unspecified atom stereocenters. The second kappa shape index (κ2) is 10.4. The summed E-state index contributed by atoms with van der Waals surface area (Å²) in [5, 5.41) is 7.42. The van der Waals surface area contributed by atoms with Gasteiger partial charge in [0.15, 0.2) is 0 Å². The van der Waals surface area contributed by atoms with Gasteiger partial charge in [0.25, 0.3) is 10.0 Å². The average Bonchev–Trinajstić information content (AvgIpc) is 2.97. The molecule has 1 saturated heterocycles. The first-order valence-corrected chi connectivity index (χ1v) is 13.2. The zero-order chi connectivity index (χ0) is 25.0. The Bertz CT molecular complexity index is 1350. The van der Waals surface area contributed by atoms with Crippen LogP contribution in [0.25, 0.3) is 5.69 Å². The topological polar surface area (TPSA) is 96.7 Å². The number of rotatable bonds is 6. The van der Waals surface area contributed by atoms with Crippen molar-refractivity contribution < 1.29 is 13.2 Å². The molecule has 1 aliphatic rings. The summed E-state index contributed by atoms with van der Waals surface area (Å²) < 4.78 is 31.9. The number of sulfonamides is 1. The van der Waals surface area contributed by atoms with Gasteiger partial charge in [-0.2, -0.15) is 13.5 Å². The number of aromatic nitrogens is 2. The fourth-order valence-corrected chi connectivity index (χ4v) is 5.43. The van der Waals surface area contributed by atoms with Crippen LogP contribution < -0.4 is 5.32 Å². The number of carbonyl (C=O) groups is 1. The van der Waals surface area contributed by atoms with Gasteiger partial charge in [-0.1, -0.05) is 30.7 Å². The predicted molar refractivity (Wildman–Crippen MR) is 138 cm³/mol. The van der Waals surface area contributed by atoms with E-state index in [0.29, 0.717) is 17.9 Å². The molecular weight excluding hydrogens is 462 g/mol. The van der Waals surface area contributed by atoms with E-state index >= 15 is 0 Å². The highest BCUT2D eigenvalue weighted by molar-refractivity contribution is 7.90. The molecule has 1 fully saturated rings. The molecule has 1 aromatic heterocycles. The highest BCUT2D eigenvalue weighted by Gasteiger charge is 2.20. The van der Waals surface area contributed by atoms with Crippen molar-refractivity contribution in [1.82, 2.24) is 14.7 Å². The van der Waals surface area contributed by atoms with Gasteiger partial charge in [0.2, 0.25) is 5.91 Å². The Morgan fingerprint density at radius 1 is 1.06 bits per heavy atom. The van der Waals surface area contributed by atoms with Crippen LogP contribution in [0.3, 0.4) is 0 Å². The molecule has 2 heterocycles. The van der Waals surface area contributed by atoms with E-state index in [1.807, 2.05) is 60.8 Å². The molecule has 8 nitrogen and oxygen atoms in total. The summed E-state index contributed by atoms with van der Waals surface area (Å²) in [4.78, 5) is 14.8. The molecule has 9 heteroatoms. The molecule has 1 amide bonds. The van der Waals surface area contributed by atoms with Crippen molar-refractivity contribution in [2.75, 3.05) is 18.9 Å². The zero-order valence-electron chi connectivity index (χ0n) is 20.4. The van der Waals surface area contributed by atoms with Gasteiger partial charge in [0.05, 0.1) is 22.7 Å². The Morgan fingerprint density at radius 2 is 1.83 bits per heavy atom. The molecule has 0 saturated carbocycles. The fraction of sp³-hybridized carbons (Fsp3) is 0.346. The van der Waals surface area contributed by atoms with E-state index in [0.717, 1.165) is 48.4 Å². The molecule has 35 heavy (non-hydrogen) atoms. The van der Waals surface area contributed by atoms with E-state index in [4.69, 9.17) is 0 Å². The van der Waals surface area contributed by atoms with Crippen LogP contribution in [-0.2, 0) is 21.2 Å². The third-order valence-corrected chi connectivity index (χ3v) is 7.56. The molecule has 1 aliphatic heterocycles. The van der Waals surface area contributed by atoms with E-state index in [1.165, 1.54) is 12.1 Å². The first-order valence-electron chi connectivity index (χ1n) is 11.8. The van der Waals surface area contributed by atoms with Gasteiger partial charge in [-0.25, -0.2) is 4.68 Å². The second-order valence-electron chi connectivity index (χ2n) is 8.86. The van der Waals surface area contributed by atoms with E-state index in [2.05, 4.69) is 14.8 Å². The van der Waals surface area contributed by atoms with Gasteiger partial charge < -0.3 is 10.2 Å². The minimum atomic E-state index is -3.89. The standard InChI is InChI=1S/C26H31N5O3S/c1-19-24(20(2)31(28-19)22-12-6-4-7-13-22)18-26(32)27-21-11-10-14-23(17-21)35(33,34)29-25-15-8-5-9-16-30(25)3/h4,6-7,10-14,17H,5,8-9,15-16,18H2,1-3H3,(H,27,32)/b29-25-. The number of hydrogen-bond acceptors (Lipinski definition) is 4.